The van der Waals surface area contributed by atoms with Gasteiger partial charge in [0.2, 0.25) is 0 Å². The van der Waals surface area contributed by atoms with E-state index < -0.39 is 11.9 Å². The lowest BCUT2D eigenvalue weighted by atomic mass is 10.2. The zero-order valence-electron chi connectivity index (χ0n) is 10.8. The first-order chi connectivity index (χ1) is 8.91. The summed E-state index contributed by atoms with van der Waals surface area (Å²) >= 11 is 5.92. The van der Waals surface area contributed by atoms with Crippen LogP contribution in [-0.2, 0) is 4.79 Å². The van der Waals surface area contributed by atoms with E-state index in [-0.39, 0.29) is 17.1 Å². The van der Waals surface area contributed by atoms with Crippen LogP contribution in [0.15, 0.2) is 18.5 Å². The van der Waals surface area contributed by atoms with Gasteiger partial charge >= 0.3 is 5.97 Å². The van der Waals surface area contributed by atoms with Crippen LogP contribution in [-0.4, -0.2) is 65.5 Å². The van der Waals surface area contributed by atoms with Crippen molar-refractivity contribution >= 4 is 23.5 Å². The van der Waals surface area contributed by atoms with Crippen LogP contribution in [0.2, 0.25) is 5.02 Å². The molecule has 6 nitrogen and oxygen atoms in total. The zero-order valence-corrected chi connectivity index (χ0v) is 11.6. The van der Waals surface area contributed by atoms with Gasteiger partial charge in [-0.1, -0.05) is 11.6 Å². The van der Waals surface area contributed by atoms with Crippen LogP contribution >= 0.6 is 11.6 Å². The number of amides is 1. The fourth-order valence-corrected chi connectivity index (χ4v) is 1.63. The molecule has 1 aromatic heterocycles. The number of carbonyl (C=O) groups is 2. The van der Waals surface area contributed by atoms with Crippen molar-refractivity contribution in [1.82, 2.24) is 14.8 Å². The Labute approximate surface area is 116 Å². The number of carboxylic acids is 1. The predicted octanol–water partition coefficient (Wildman–Crippen LogP) is 0.823. The Balaban J connectivity index is 2.87. The molecule has 0 aromatic carbocycles. The van der Waals surface area contributed by atoms with Gasteiger partial charge in [0.05, 0.1) is 10.6 Å². The summed E-state index contributed by atoms with van der Waals surface area (Å²) in [6, 6.07) is 1.50. The first kappa shape index (κ1) is 15.4. The number of hydrogen-bond acceptors (Lipinski definition) is 4. The van der Waals surface area contributed by atoms with Crippen LogP contribution in [0.4, 0.5) is 0 Å². The number of likely N-dealkylation sites (N-methyl/N-ethyl adjacent to an activating group) is 1. The van der Waals surface area contributed by atoms with Gasteiger partial charge in [0, 0.05) is 25.5 Å². The molecule has 1 aromatic rings. The molecule has 1 amide bonds. The summed E-state index contributed by atoms with van der Waals surface area (Å²) in [6.07, 6.45) is 2.82. The molecule has 0 saturated heterocycles. The van der Waals surface area contributed by atoms with E-state index >= 15 is 0 Å². The average Bonchev–Trinajstić information content (AvgIpc) is 2.33. The summed E-state index contributed by atoms with van der Waals surface area (Å²) in [5, 5.41) is 9.12. The molecule has 104 valence electrons. The topological polar surface area (TPSA) is 73.7 Å². The number of hydrogen-bond donors (Lipinski definition) is 1. The summed E-state index contributed by atoms with van der Waals surface area (Å²) in [5.41, 5.74) is 0.212. The molecular formula is C12H16ClN3O3. The molecule has 7 heteroatoms. The second kappa shape index (κ2) is 7.06. The summed E-state index contributed by atoms with van der Waals surface area (Å²) in [7, 11) is 3.70. The van der Waals surface area contributed by atoms with Crippen molar-refractivity contribution in [3.63, 3.8) is 0 Å². The molecule has 0 saturated carbocycles. The van der Waals surface area contributed by atoms with E-state index in [1.54, 1.807) is 0 Å². The lowest BCUT2D eigenvalue weighted by Gasteiger charge is -2.22. The Kier molecular flexibility index (Phi) is 5.72. The number of pyridine rings is 1. The standard InChI is InChI=1S/C12H16ClN3O3/c1-15(2)5-6-16(8-11(17)18)12(19)9-7-14-4-3-10(9)13/h3-4,7H,5-6,8H2,1-2H3,(H,17,18). The molecule has 0 aliphatic rings. The summed E-state index contributed by atoms with van der Waals surface area (Å²) in [6.45, 7) is 0.512. The molecule has 0 aliphatic carbocycles. The van der Waals surface area contributed by atoms with Crippen molar-refractivity contribution in [2.24, 2.45) is 0 Å². The second-order valence-electron chi connectivity index (χ2n) is 4.28. The minimum absolute atomic E-state index is 0.212. The van der Waals surface area contributed by atoms with Gasteiger partial charge in [-0.2, -0.15) is 0 Å². The number of rotatable bonds is 6. The van der Waals surface area contributed by atoms with E-state index in [0.29, 0.717) is 13.1 Å². The van der Waals surface area contributed by atoms with Gasteiger partial charge < -0.3 is 14.9 Å². The predicted molar refractivity (Wildman–Crippen MR) is 71.3 cm³/mol. The molecule has 0 atom stereocenters. The molecule has 1 heterocycles. The highest BCUT2D eigenvalue weighted by Gasteiger charge is 2.20. The summed E-state index contributed by atoms with van der Waals surface area (Å²) in [4.78, 5) is 30.0. The normalized spacial score (nSPS) is 10.5. The lowest BCUT2D eigenvalue weighted by Crippen LogP contribution is -2.40. The highest BCUT2D eigenvalue weighted by atomic mass is 35.5. The van der Waals surface area contributed by atoms with Crippen LogP contribution in [0.25, 0.3) is 0 Å². The van der Waals surface area contributed by atoms with Gasteiger partial charge in [-0.3, -0.25) is 14.6 Å². The van der Waals surface area contributed by atoms with Crippen LogP contribution in [0, 0.1) is 0 Å². The fraction of sp³-hybridized carbons (Fsp3) is 0.417. The van der Waals surface area contributed by atoms with Gasteiger partial charge in [-0.25, -0.2) is 0 Å². The van der Waals surface area contributed by atoms with E-state index in [2.05, 4.69) is 4.98 Å². The molecule has 0 bridgehead atoms. The Morgan fingerprint density at radius 3 is 2.58 bits per heavy atom. The molecule has 0 fully saturated rings. The maximum atomic E-state index is 12.2. The summed E-state index contributed by atoms with van der Waals surface area (Å²) < 4.78 is 0. The molecular weight excluding hydrogens is 270 g/mol. The second-order valence-corrected chi connectivity index (χ2v) is 4.69. The van der Waals surface area contributed by atoms with Gasteiger partial charge in [0.15, 0.2) is 0 Å². The van der Waals surface area contributed by atoms with Gasteiger partial charge in [0.25, 0.3) is 5.91 Å². The van der Waals surface area contributed by atoms with Gasteiger partial charge in [-0.05, 0) is 20.2 Å². The average molecular weight is 286 g/mol. The Morgan fingerprint density at radius 2 is 2.05 bits per heavy atom. The molecule has 0 radical (unpaired) electrons. The fourth-order valence-electron chi connectivity index (χ4n) is 1.44. The first-order valence-electron chi connectivity index (χ1n) is 5.67. The van der Waals surface area contributed by atoms with Crippen molar-refractivity contribution in [1.29, 1.82) is 0 Å². The summed E-state index contributed by atoms with van der Waals surface area (Å²) in [5.74, 6) is -1.49. The van der Waals surface area contributed by atoms with Crippen LogP contribution in [0.5, 0.6) is 0 Å². The molecule has 0 unspecified atom stereocenters. The maximum Gasteiger partial charge on any atom is 0.323 e. The minimum Gasteiger partial charge on any atom is -0.480 e. The van der Waals surface area contributed by atoms with Crippen molar-refractivity contribution in [2.75, 3.05) is 33.7 Å². The monoisotopic (exact) mass is 285 g/mol. The molecule has 0 aliphatic heterocycles. The minimum atomic E-state index is -1.06. The SMILES string of the molecule is CN(C)CCN(CC(=O)O)C(=O)c1cnccc1Cl. The highest BCUT2D eigenvalue weighted by Crippen LogP contribution is 2.15. The third-order valence-electron chi connectivity index (χ3n) is 2.43. The van der Waals surface area contributed by atoms with Crippen LogP contribution in [0.1, 0.15) is 10.4 Å². The van der Waals surface area contributed by atoms with Crippen molar-refractivity contribution < 1.29 is 14.7 Å². The third kappa shape index (κ3) is 4.84. The molecule has 1 N–H and O–H groups in total. The Morgan fingerprint density at radius 1 is 1.37 bits per heavy atom. The molecule has 0 spiro atoms. The van der Waals surface area contributed by atoms with Gasteiger partial charge in [0.1, 0.15) is 6.54 Å². The molecule has 19 heavy (non-hydrogen) atoms. The number of carbonyl (C=O) groups excluding carboxylic acids is 1. The van der Waals surface area contributed by atoms with Crippen molar-refractivity contribution in [3.8, 4) is 0 Å². The number of aromatic nitrogens is 1. The van der Waals surface area contributed by atoms with E-state index in [9.17, 15) is 9.59 Å². The van der Waals surface area contributed by atoms with Crippen LogP contribution < -0.4 is 0 Å². The smallest absolute Gasteiger partial charge is 0.323 e. The van der Waals surface area contributed by atoms with Crippen molar-refractivity contribution in [3.05, 3.63) is 29.0 Å². The number of halogens is 1. The van der Waals surface area contributed by atoms with E-state index in [0.717, 1.165) is 0 Å². The molecule has 1 rings (SSSR count). The third-order valence-corrected chi connectivity index (χ3v) is 2.76. The number of nitrogens with zero attached hydrogens (tertiary/aromatic N) is 3. The van der Waals surface area contributed by atoms with Gasteiger partial charge in [-0.15, -0.1) is 0 Å². The number of aliphatic carboxylic acids is 1. The largest absolute Gasteiger partial charge is 0.480 e. The quantitative estimate of drug-likeness (QED) is 0.838. The maximum absolute atomic E-state index is 12.2. The van der Waals surface area contributed by atoms with Crippen LogP contribution in [0.3, 0.4) is 0 Å². The first-order valence-corrected chi connectivity index (χ1v) is 6.05. The highest BCUT2D eigenvalue weighted by molar-refractivity contribution is 6.33. The van der Waals surface area contributed by atoms with Crippen molar-refractivity contribution in [2.45, 2.75) is 0 Å². The Hall–Kier alpha value is -1.66. The zero-order chi connectivity index (χ0) is 14.4. The van der Waals surface area contributed by atoms with E-state index in [4.69, 9.17) is 16.7 Å². The van der Waals surface area contributed by atoms with E-state index in [1.165, 1.54) is 23.4 Å². The Bertz CT molecular complexity index is 465. The van der Waals surface area contributed by atoms with E-state index in [1.807, 2.05) is 19.0 Å². The lowest BCUT2D eigenvalue weighted by molar-refractivity contribution is -0.137. The number of carboxylic acid groups (broad SMARTS) is 1.